The van der Waals surface area contributed by atoms with Crippen molar-refractivity contribution in [3.8, 4) is 5.75 Å². The normalized spacial score (nSPS) is 20.8. The number of nitrogens with one attached hydrogen (secondary N) is 1. The summed E-state index contributed by atoms with van der Waals surface area (Å²) in [6.45, 7) is 2.43. The second kappa shape index (κ2) is 9.78. The van der Waals surface area contributed by atoms with Gasteiger partial charge < -0.3 is 19.9 Å². The Morgan fingerprint density at radius 2 is 1.91 bits per heavy atom. The zero-order chi connectivity index (χ0) is 23.7. The van der Waals surface area contributed by atoms with Crippen LogP contribution in [0.4, 0.5) is 0 Å². The summed E-state index contributed by atoms with van der Waals surface area (Å²) in [5.41, 5.74) is 0.0652. The number of thioether (sulfide) groups is 1. The second-order valence-electron chi connectivity index (χ2n) is 6.89. The smallest absolute Gasteiger partial charge is 0.352 e. The van der Waals surface area contributed by atoms with E-state index in [-0.39, 0.29) is 38.9 Å². The van der Waals surface area contributed by atoms with Crippen LogP contribution in [-0.2, 0) is 23.9 Å². The number of esters is 1. The first kappa shape index (κ1) is 24.5. The molecular formula is C19H17Cl3N2O7S. The summed E-state index contributed by atoms with van der Waals surface area (Å²) < 4.78 is 10.4. The van der Waals surface area contributed by atoms with Crippen molar-refractivity contribution in [1.82, 2.24) is 10.2 Å². The van der Waals surface area contributed by atoms with E-state index in [0.717, 1.165) is 4.90 Å². The van der Waals surface area contributed by atoms with Crippen molar-refractivity contribution in [2.75, 3.05) is 12.4 Å². The van der Waals surface area contributed by atoms with Gasteiger partial charge in [0, 0.05) is 24.3 Å². The summed E-state index contributed by atoms with van der Waals surface area (Å²) in [4.78, 5) is 49.1. The number of halogens is 3. The quantitative estimate of drug-likeness (QED) is 0.318. The van der Waals surface area contributed by atoms with Gasteiger partial charge in [0.05, 0.1) is 15.1 Å². The first-order valence-corrected chi connectivity index (χ1v) is 11.3. The highest BCUT2D eigenvalue weighted by Crippen LogP contribution is 2.40. The number of aliphatic carboxylic acids is 1. The van der Waals surface area contributed by atoms with Crippen LogP contribution < -0.4 is 10.1 Å². The standard InChI is InChI=1S/C19H17Cl3N2O7S/c1-7(31-13-4-11(21)10(20)3-12(13)22)16(26)23-14-17(27)24-15(19(28)29)9(5-30-8(2)25)6-32-18(14)24/h3-4,7,14,18H,5-6H2,1-2H3,(H,23,26)(H,28,29)/t7?,14-,18-/m1/s1. The van der Waals surface area contributed by atoms with Crippen molar-refractivity contribution < 1.29 is 33.8 Å². The third kappa shape index (κ3) is 4.93. The molecule has 172 valence electrons. The topological polar surface area (TPSA) is 122 Å². The minimum atomic E-state index is -1.32. The highest BCUT2D eigenvalue weighted by molar-refractivity contribution is 8.00. The molecule has 0 aromatic heterocycles. The average molecular weight is 524 g/mol. The number of benzene rings is 1. The lowest BCUT2D eigenvalue weighted by molar-refractivity contribution is -0.151. The molecule has 2 aliphatic rings. The Labute approximate surface area is 201 Å². The highest BCUT2D eigenvalue weighted by Gasteiger charge is 2.54. The van der Waals surface area contributed by atoms with Gasteiger partial charge in [0.1, 0.15) is 29.5 Å². The minimum absolute atomic E-state index is 0.142. The Hall–Kier alpha value is -2.14. The van der Waals surface area contributed by atoms with E-state index in [0.29, 0.717) is 5.57 Å². The fraction of sp³-hybridized carbons (Fsp3) is 0.368. The van der Waals surface area contributed by atoms with Crippen molar-refractivity contribution >= 4 is 70.3 Å². The summed E-state index contributed by atoms with van der Waals surface area (Å²) >= 11 is 19.1. The number of carbonyl (C=O) groups excluding carboxylic acids is 3. The van der Waals surface area contributed by atoms with E-state index in [1.807, 2.05) is 0 Å². The van der Waals surface area contributed by atoms with E-state index in [1.54, 1.807) is 0 Å². The molecule has 32 heavy (non-hydrogen) atoms. The van der Waals surface area contributed by atoms with Gasteiger partial charge in [0.25, 0.3) is 11.8 Å². The summed E-state index contributed by atoms with van der Waals surface area (Å²) in [6, 6.07) is 1.81. The minimum Gasteiger partial charge on any atom is -0.479 e. The Bertz CT molecular complexity index is 1030. The fourth-order valence-corrected chi connectivity index (χ4v) is 5.00. The van der Waals surface area contributed by atoms with Gasteiger partial charge in [-0.3, -0.25) is 19.3 Å². The van der Waals surface area contributed by atoms with Crippen LogP contribution in [-0.4, -0.2) is 63.6 Å². The predicted molar refractivity (Wildman–Crippen MR) is 118 cm³/mol. The molecule has 2 amide bonds. The van der Waals surface area contributed by atoms with Gasteiger partial charge in [-0.2, -0.15) is 0 Å². The van der Waals surface area contributed by atoms with Gasteiger partial charge in [-0.25, -0.2) is 4.79 Å². The maximum absolute atomic E-state index is 12.6. The van der Waals surface area contributed by atoms with Gasteiger partial charge in [0.2, 0.25) is 0 Å². The number of carboxylic acids is 1. The Kier molecular flexibility index (Phi) is 7.49. The number of nitrogens with zero attached hydrogens (tertiary/aromatic N) is 1. The first-order valence-electron chi connectivity index (χ1n) is 9.16. The molecule has 0 saturated carbocycles. The molecule has 2 N–H and O–H groups in total. The average Bonchev–Trinajstić information content (AvgIpc) is 2.72. The molecule has 1 fully saturated rings. The predicted octanol–water partition coefficient (Wildman–Crippen LogP) is 2.72. The third-order valence-electron chi connectivity index (χ3n) is 4.65. The number of hydrogen-bond acceptors (Lipinski definition) is 7. The Morgan fingerprint density at radius 3 is 2.53 bits per heavy atom. The summed E-state index contributed by atoms with van der Waals surface area (Å²) in [6.07, 6.45) is -1.03. The van der Waals surface area contributed by atoms with Gasteiger partial charge >= 0.3 is 11.9 Å². The van der Waals surface area contributed by atoms with E-state index in [1.165, 1.54) is 37.7 Å². The Balaban J connectivity index is 1.68. The zero-order valence-electron chi connectivity index (χ0n) is 16.7. The molecule has 1 aromatic rings. The van der Waals surface area contributed by atoms with Crippen molar-refractivity contribution in [3.63, 3.8) is 0 Å². The molecule has 0 bridgehead atoms. The SMILES string of the molecule is CC(=O)OCC1=C(C(=O)O)N2C(=O)[C@@H](NC(=O)C(C)Oc3cc(Cl)c(Cl)cc3Cl)[C@H]2SC1. The lowest BCUT2D eigenvalue weighted by Gasteiger charge is -2.49. The van der Waals surface area contributed by atoms with E-state index >= 15 is 0 Å². The van der Waals surface area contributed by atoms with E-state index in [9.17, 15) is 24.3 Å². The van der Waals surface area contributed by atoms with Crippen molar-refractivity contribution in [2.45, 2.75) is 31.4 Å². The molecule has 1 saturated heterocycles. The van der Waals surface area contributed by atoms with Gasteiger partial charge in [0.15, 0.2) is 6.10 Å². The third-order valence-corrected chi connectivity index (χ3v) is 7.00. The molecule has 3 rings (SSSR count). The molecular weight excluding hydrogens is 507 g/mol. The number of carbonyl (C=O) groups is 4. The molecule has 2 heterocycles. The molecule has 0 radical (unpaired) electrons. The number of rotatable bonds is 7. The first-order chi connectivity index (χ1) is 15.0. The van der Waals surface area contributed by atoms with Gasteiger partial charge in [-0.15, -0.1) is 11.8 Å². The van der Waals surface area contributed by atoms with Crippen LogP contribution in [0.5, 0.6) is 5.75 Å². The lowest BCUT2D eigenvalue weighted by Crippen LogP contribution is -2.71. The summed E-state index contributed by atoms with van der Waals surface area (Å²) in [5, 5.41) is 12.1. The van der Waals surface area contributed by atoms with Gasteiger partial charge in [-0.05, 0) is 13.0 Å². The number of hydrogen-bond donors (Lipinski definition) is 2. The van der Waals surface area contributed by atoms with Crippen LogP contribution in [0.25, 0.3) is 0 Å². The zero-order valence-corrected chi connectivity index (χ0v) is 19.8. The number of amides is 2. The van der Waals surface area contributed by atoms with Crippen LogP contribution in [0, 0.1) is 0 Å². The maximum Gasteiger partial charge on any atom is 0.352 e. The van der Waals surface area contributed by atoms with E-state index < -0.39 is 41.3 Å². The number of β-lactam (4-membered cyclic amide) rings is 1. The maximum atomic E-state index is 12.6. The molecule has 9 nitrogen and oxygen atoms in total. The van der Waals surface area contributed by atoms with E-state index in [2.05, 4.69) is 5.32 Å². The van der Waals surface area contributed by atoms with Crippen LogP contribution >= 0.6 is 46.6 Å². The molecule has 1 aromatic carbocycles. The van der Waals surface area contributed by atoms with Crippen LogP contribution in [0.1, 0.15) is 13.8 Å². The molecule has 0 spiro atoms. The van der Waals surface area contributed by atoms with E-state index in [4.69, 9.17) is 44.3 Å². The summed E-state index contributed by atoms with van der Waals surface area (Å²) in [7, 11) is 0. The molecule has 3 atom stereocenters. The lowest BCUT2D eigenvalue weighted by atomic mass is 10.0. The van der Waals surface area contributed by atoms with Crippen LogP contribution in [0.2, 0.25) is 15.1 Å². The van der Waals surface area contributed by atoms with Crippen LogP contribution in [0.15, 0.2) is 23.4 Å². The monoisotopic (exact) mass is 522 g/mol. The molecule has 2 aliphatic heterocycles. The van der Waals surface area contributed by atoms with Gasteiger partial charge in [-0.1, -0.05) is 34.8 Å². The molecule has 0 aliphatic carbocycles. The number of carboxylic acid groups (broad SMARTS) is 1. The van der Waals surface area contributed by atoms with Crippen molar-refractivity contribution in [3.05, 3.63) is 38.5 Å². The molecule has 1 unspecified atom stereocenters. The number of ether oxygens (including phenoxy) is 2. The highest BCUT2D eigenvalue weighted by atomic mass is 35.5. The molecule has 13 heteroatoms. The summed E-state index contributed by atoms with van der Waals surface area (Å²) in [5.74, 6) is -2.71. The Morgan fingerprint density at radius 1 is 1.25 bits per heavy atom. The fourth-order valence-electron chi connectivity index (χ4n) is 3.09. The largest absolute Gasteiger partial charge is 0.479 e. The second-order valence-corrected chi connectivity index (χ2v) is 9.22. The van der Waals surface area contributed by atoms with Crippen molar-refractivity contribution in [2.24, 2.45) is 0 Å². The van der Waals surface area contributed by atoms with Crippen LogP contribution in [0.3, 0.4) is 0 Å². The van der Waals surface area contributed by atoms with Crippen molar-refractivity contribution in [1.29, 1.82) is 0 Å². The number of fused-ring (bicyclic) bond motifs is 1.